The Morgan fingerprint density at radius 1 is 1.00 bits per heavy atom. The minimum atomic E-state index is -4.81. The van der Waals surface area contributed by atoms with Crippen molar-refractivity contribution in [3.05, 3.63) is 70.6 Å². The molecule has 3 aromatic rings. The third-order valence-electron chi connectivity index (χ3n) is 6.07. The molecular formula is C25H23F3N4O3S2. The van der Waals surface area contributed by atoms with Crippen LogP contribution in [0.25, 0.3) is 5.69 Å². The smallest absolute Gasteiger partial charge is 0.406 e. The molecule has 7 nitrogen and oxygen atoms in total. The second-order valence-corrected chi connectivity index (χ2v) is 10.5. The van der Waals surface area contributed by atoms with Crippen LogP contribution < -0.4 is 15.2 Å². The van der Waals surface area contributed by atoms with E-state index in [4.69, 9.17) is 0 Å². The van der Waals surface area contributed by atoms with E-state index in [2.05, 4.69) is 14.6 Å². The Kier molecular flexibility index (Phi) is 7.38. The van der Waals surface area contributed by atoms with Crippen molar-refractivity contribution in [1.82, 2.24) is 14.5 Å². The summed E-state index contributed by atoms with van der Waals surface area (Å²) >= 11 is 2.57. The molecule has 5 rings (SSSR count). The molecular weight excluding hydrogens is 525 g/mol. The molecule has 2 aromatic carbocycles. The monoisotopic (exact) mass is 548 g/mol. The van der Waals surface area contributed by atoms with Gasteiger partial charge in [0.2, 0.25) is 5.91 Å². The third kappa shape index (κ3) is 5.90. The number of fused-ring (bicyclic) bond motifs is 1. The topological polar surface area (TPSA) is 67.7 Å². The second-order valence-electron chi connectivity index (χ2n) is 8.44. The lowest BCUT2D eigenvalue weighted by atomic mass is 10.2. The van der Waals surface area contributed by atoms with Crippen LogP contribution in [-0.2, 0) is 11.2 Å². The number of benzene rings is 2. The van der Waals surface area contributed by atoms with Gasteiger partial charge in [0.15, 0.2) is 5.16 Å². The molecule has 1 saturated heterocycles. The van der Waals surface area contributed by atoms with Crippen molar-refractivity contribution < 1.29 is 22.7 Å². The highest BCUT2D eigenvalue weighted by Crippen LogP contribution is 2.31. The fourth-order valence-corrected chi connectivity index (χ4v) is 6.24. The largest absolute Gasteiger partial charge is 0.573 e. The van der Waals surface area contributed by atoms with Crippen LogP contribution in [0.5, 0.6) is 5.75 Å². The summed E-state index contributed by atoms with van der Waals surface area (Å²) in [7, 11) is 0. The number of hydrogen-bond donors (Lipinski definition) is 0. The molecule has 37 heavy (non-hydrogen) atoms. The van der Waals surface area contributed by atoms with Crippen molar-refractivity contribution in [3.8, 4) is 11.4 Å². The van der Waals surface area contributed by atoms with Crippen LogP contribution in [0.3, 0.4) is 0 Å². The zero-order chi connectivity index (χ0) is 26.0. The van der Waals surface area contributed by atoms with Crippen LogP contribution in [0.1, 0.15) is 5.69 Å². The highest BCUT2D eigenvalue weighted by atomic mass is 32.2. The first-order valence-corrected chi connectivity index (χ1v) is 13.6. The molecule has 0 atom stereocenters. The van der Waals surface area contributed by atoms with E-state index in [1.807, 2.05) is 30.3 Å². The van der Waals surface area contributed by atoms with E-state index in [-0.39, 0.29) is 23.0 Å². The molecule has 0 unspecified atom stereocenters. The molecule has 1 fully saturated rings. The molecule has 2 aliphatic heterocycles. The first-order chi connectivity index (χ1) is 17.8. The number of piperazine rings is 1. The third-order valence-corrected chi connectivity index (χ3v) is 8.10. The van der Waals surface area contributed by atoms with Gasteiger partial charge in [-0.2, -0.15) is 0 Å². The molecule has 0 bridgehead atoms. The van der Waals surface area contributed by atoms with Gasteiger partial charge in [0.05, 0.1) is 22.0 Å². The average Bonchev–Trinajstić information content (AvgIpc) is 3.37. The maximum absolute atomic E-state index is 13.3. The van der Waals surface area contributed by atoms with Gasteiger partial charge < -0.3 is 14.5 Å². The van der Waals surface area contributed by atoms with E-state index >= 15 is 0 Å². The number of carbonyl (C=O) groups excluding carboxylic acids is 1. The van der Waals surface area contributed by atoms with E-state index in [1.165, 1.54) is 28.5 Å². The van der Waals surface area contributed by atoms with E-state index < -0.39 is 6.36 Å². The van der Waals surface area contributed by atoms with Crippen LogP contribution in [0.15, 0.2) is 69.4 Å². The Bertz CT molecular complexity index is 1330. The summed E-state index contributed by atoms with van der Waals surface area (Å²) in [4.78, 5) is 35.5. The number of thioether (sulfide) groups is 2. The second kappa shape index (κ2) is 10.7. The number of hydrogen-bond acceptors (Lipinski definition) is 7. The van der Waals surface area contributed by atoms with Crippen molar-refractivity contribution in [3.63, 3.8) is 0 Å². The predicted molar refractivity (Wildman–Crippen MR) is 137 cm³/mol. The molecule has 0 aliphatic carbocycles. The minimum Gasteiger partial charge on any atom is -0.406 e. The quantitative estimate of drug-likeness (QED) is 0.338. The number of carbonyl (C=O) groups is 1. The lowest BCUT2D eigenvalue weighted by molar-refractivity contribution is -0.274. The van der Waals surface area contributed by atoms with E-state index in [9.17, 15) is 22.8 Å². The molecule has 3 heterocycles. The molecule has 0 spiro atoms. The number of nitrogens with zero attached hydrogens (tertiary/aromatic N) is 4. The molecule has 2 aliphatic rings. The SMILES string of the molecule is O=C(CSc1nc2c(c(=O)n1-c1ccc(OC(F)(F)F)cc1)SCC2)N1CCN(c2ccccc2)CC1. The molecule has 0 saturated carbocycles. The molecule has 194 valence electrons. The predicted octanol–water partition coefficient (Wildman–Crippen LogP) is 4.22. The standard InChI is InChI=1S/C25H23F3N4O3S2/c26-25(27,28)35-19-8-6-18(7-9-19)32-23(34)22-20(10-15-36-22)29-24(32)37-16-21(33)31-13-11-30(12-14-31)17-4-2-1-3-5-17/h1-9H,10-16H2. The molecule has 0 radical (unpaired) electrons. The lowest BCUT2D eigenvalue weighted by Crippen LogP contribution is -2.49. The summed E-state index contributed by atoms with van der Waals surface area (Å²) in [6.07, 6.45) is -4.16. The maximum Gasteiger partial charge on any atom is 0.573 e. The summed E-state index contributed by atoms with van der Waals surface area (Å²) in [5, 5.41) is 0.340. The summed E-state index contributed by atoms with van der Waals surface area (Å²) in [6, 6.07) is 15.1. The van der Waals surface area contributed by atoms with Gasteiger partial charge in [0, 0.05) is 44.0 Å². The first kappa shape index (κ1) is 25.5. The van der Waals surface area contributed by atoms with Crippen LogP contribution in [-0.4, -0.2) is 64.4 Å². The van der Waals surface area contributed by atoms with Crippen molar-refractivity contribution in [2.45, 2.75) is 22.8 Å². The summed E-state index contributed by atoms with van der Waals surface area (Å²) in [5.41, 5.74) is 1.88. The number of anilines is 1. The van der Waals surface area contributed by atoms with Crippen molar-refractivity contribution >= 4 is 35.1 Å². The summed E-state index contributed by atoms with van der Waals surface area (Å²) < 4.78 is 42.9. The van der Waals surface area contributed by atoms with Gasteiger partial charge in [-0.05, 0) is 36.4 Å². The van der Waals surface area contributed by atoms with Gasteiger partial charge in [0.25, 0.3) is 5.56 Å². The van der Waals surface area contributed by atoms with Crippen LogP contribution >= 0.6 is 23.5 Å². The minimum absolute atomic E-state index is 0.0534. The van der Waals surface area contributed by atoms with Crippen molar-refractivity contribution in [1.29, 1.82) is 0 Å². The van der Waals surface area contributed by atoms with Gasteiger partial charge in [-0.3, -0.25) is 14.2 Å². The van der Waals surface area contributed by atoms with E-state index in [0.29, 0.717) is 40.9 Å². The zero-order valence-electron chi connectivity index (χ0n) is 19.6. The number of halogens is 3. The highest BCUT2D eigenvalue weighted by molar-refractivity contribution is 8.00. The molecule has 0 N–H and O–H groups in total. The van der Waals surface area contributed by atoms with Gasteiger partial charge in [-0.1, -0.05) is 30.0 Å². The highest BCUT2D eigenvalue weighted by Gasteiger charge is 2.31. The Hall–Kier alpha value is -3.12. The average molecular weight is 549 g/mol. The Labute approximate surface area is 219 Å². The van der Waals surface area contributed by atoms with Crippen molar-refractivity contribution in [2.24, 2.45) is 0 Å². The number of aryl methyl sites for hydroxylation is 1. The number of ether oxygens (including phenoxy) is 1. The fraction of sp³-hybridized carbons (Fsp3) is 0.320. The van der Waals surface area contributed by atoms with E-state index in [1.54, 1.807) is 4.90 Å². The van der Waals surface area contributed by atoms with Crippen molar-refractivity contribution in [2.75, 3.05) is 42.6 Å². The van der Waals surface area contributed by atoms with Gasteiger partial charge >= 0.3 is 6.36 Å². The molecule has 1 amide bonds. The zero-order valence-corrected chi connectivity index (χ0v) is 21.2. The first-order valence-electron chi connectivity index (χ1n) is 11.6. The number of alkyl halides is 3. The van der Waals surface area contributed by atoms with Crippen LogP contribution in [0.2, 0.25) is 0 Å². The summed E-state index contributed by atoms with van der Waals surface area (Å²) in [5.74, 6) is 0.391. The lowest BCUT2D eigenvalue weighted by Gasteiger charge is -2.36. The number of rotatable bonds is 6. The fourth-order valence-electron chi connectivity index (χ4n) is 4.28. The summed E-state index contributed by atoms with van der Waals surface area (Å²) in [6.45, 7) is 2.64. The maximum atomic E-state index is 13.3. The molecule has 1 aromatic heterocycles. The Morgan fingerprint density at radius 2 is 1.70 bits per heavy atom. The van der Waals surface area contributed by atoms with Crippen LogP contribution in [0, 0.1) is 0 Å². The number of amides is 1. The number of aromatic nitrogens is 2. The Balaban J connectivity index is 1.31. The normalized spacial score (nSPS) is 15.5. The molecule has 12 heteroatoms. The van der Waals surface area contributed by atoms with Gasteiger partial charge in [-0.15, -0.1) is 24.9 Å². The van der Waals surface area contributed by atoms with E-state index in [0.717, 1.165) is 48.4 Å². The van der Waals surface area contributed by atoms with Gasteiger partial charge in [0.1, 0.15) is 5.75 Å². The Morgan fingerprint density at radius 3 is 2.38 bits per heavy atom. The van der Waals surface area contributed by atoms with Crippen LogP contribution in [0.4, 0.5) is 18.9 Å². The van der Waals surface area contributed by atoms with Gasteiger partial charge in [-0.25, -0.2) is 4.98 Å². The number of para-hydroxylation sites is 1.